The number of hydrogen-bond donors (Lipinski definition) is 2. The number of anilines is 1. The molecule has 172 valence electrons. The van der Waals surface area contributed by atoms with Gasteiger partial charge in [-0.3, -0.25) is 20.2 Å². The smallest absolute Gasteiger partial charge is 0.411 e. The van der Waals surface area contributed by atoms with E-state index in [1.165, 1.54) is 0 Å². The topological polar surface area (TPSA) is 84.5 Å². The average Bonchev–Trinajstić information content (AvgIpc) is 2.75. The molecule has 1 heterocycles. The van der Waals surface area contributed by atoms with Gasteiger partial charge in [0.2, 0.25) is 12.3 Å². The normalized spacial score (nSPS) is 15.2. The maximum atomic E-state index is 12.6. The molecule has 3 amide bonds. The molecule has 1 saturated heterocycles. The Hall–Kier alpha value is -2.46. The van der Waals surface area contributed by atoms with Crippen LogP contribution in [0.3, 0.4) is 0 Å². The van der Waals surface area contributed by atoms with E-state index < -0.39 is 6.09 Å². The number of halogens is 1. The zero-order valence-corrected chi connectivity index (χ0v) is 20.6. The number of benzene rings is 2. The molecule has 0 spiro atoms. The minimum absolute atomic E-state index is 0. The van der Waals surface area contributed by atoms with Gasteiger partial charge >= 0.3 is 6.09 Å². The standard InChI is InChI=1S/C24H29N3O4.HI/c1-27(2)14-12-20(13-15-27)31-24(30)26-22-16-18(9-11-23(29)25-17-28)8-10-21(22)19-6-4-3-5-7-19;/h3-8,10,16-17,20H,9,11-15H2,1-2H3,(H-,25,26,28,29,30);1H. The Morgan fingerprint density at radius 3 is 2.44 bits per heavy atom. The van der Waals surface area contributed by atoms with E-state index >= 15 is 0 Å². The summed E-state index contributed by atoms with van der Waals surface area (Å²) in [5.74, 6) is -0.338. The first-order valence-electron chi connectivity index (χ1n) is 10.6. The first-order chi connectivity index (χ1) is 14.9. The Morgan fingerprint density at radius 1 is 1.09 bits per heavy atom. The average molecular weight is 551 g/mol. The molecular weight excluding hydrogens is 521 g/mol. The van der Waals surface area contributed by atoms with Crippen LogP contribution < -0.4 is 34.6 Å². The van der Waals surface area contributed by atoms with Crippen LogP contribution in [0.1, 0.15) is 24.8 Å². The fourth-order valence-electron chi connectivity index (χ4n) is 3.77. The summed E-state index contributed by atoms with van der Waals surface area (Å²) >= 11 is 0. The second kappa shape index (κ2) is 12.0. The summed E-state index contributed by atoms with van der Waals surface area (Å²) in [6, 6.07) is 15.5. The zero-order valence-electron chi connectivity index (χ0n) is 18.5. The van der Waals surface area contributed by atoms with Crippen molar-refractivity contribution in [1.29, 1.82) is 0 Å². The summed E-state index contributed by atoms with van der Waals surface area (Å²) in [4.78, 5) is 34.7. The number of ether oxygens (including phenoxy) is 1. The maximum absolute atomic E-state index is 12.6. The highest BCUT2D eigenvalue weighted by Gasteiger charge is 2.28. The van der Waals surface area contributed by atoms with E-state index in [0.29, 0.717) is 18.5 Å². The molecule has 0 bridgehead atoms. The molecule has 2 aromatic rings. The number of nitrogens with zero attached hydrogens (tertiary/aromatic N) is 1. The van der Waals surface area contributed by atoms with Crippen LogP contribution in [0.2, 0.25) is 0 Å². The molecule has 7 nitrogen and oxygen atoms in total. The summed E-state index contributed by atoms with van der Waals surface area (Å²) < 4.78 is 6.63. The molecule has 1 fully saturated rings. The second-order valence-electron chi connectivity index (χ2n) is 8.54. The number of carbonyl (C=O) groups excluding carboxylic acids is 3. The Labute approximate surface area is 206 Å². The van der Waals surface area contributed by atoms with Gasteiger partial charge in [-0.15, -0.1) is 0 Å². The van der Waals surface area contributed by atoms with Crippen molar-refractivity contribution < 1.29 is 47.6 Å². The van der Waals surface area contributed by atoms with Crippen LogP contribution >= 0.6 is 0 Å². The van der Waals surface area contributed by atoms with Gasteiger partial charge in [0.25, 0.3) is 0 Å². The molecule has 0 aromatic heterocycles. The lowest BCUT2D eigenvalue weighted by molar-refractivity contribution is -0.896. The zero-order chi connectivity index (χ0) is 22.3. The van der Waals surface area contributed by atoms with E-state index in [9.17, 15) is 14.4 Å². The van der Waals surface area contributed by atoms with E-state index in [2.05, 4.69) is 24.7 Å². The van der Waals surface area contributed by atoms with Crippen LogP contribution in [0.5, 0.6) is 0 Å². The number of rotatable bonds is 7. The molecule has 8 heteroatoms. The van der Waals surface area contributed by atoms with Crippen molar-refractivity contribution in [1.82, 2.24) is 5.32 Å². The summed E-state index contributed by atoms with van der Waals surface area (Å²) in [7, 11) is 4.37. The van der Waals surface area contributed by atoms with Crippen LogP contribution in [0.4, 0.5) is 10.5 Å². The monoisotopic (exact) mass is 551 g/mol. The van der Waals surface area contributed by atoms with Crippen molar-refractivity contribution >= 4 is 24.1 Å². The van der Waals surface area contributed by atoms with Crippen LogP contribution in [-0.2, 0) is 20.7 Å². The molecule has 2 N–H and O–H groups in total. The predicted molar refractivity (Wildman–Crippen MR) is 119 cm³/mol. The SMILES string of the molecule is C[N+]1(C)CCC(OC(=O)Nc2cc(CCC(=O)NC=O)ccc2-c2ccccc2)CC1.[I-]. The van der Waals surface area contributed by atoms with Crippen molar-refractivity contribution in [2.45, 2.75) is 31.8 Å². The number of aryl methyl sites for hydroxylation is 1. The van der Waals surface area contributed by atoms with Gasteiger partial charge in [-0.1, -0.05) is 42.5 Å². The largest absolute Gasteiger partial charge is 1.00 e. The number of likely N-dealkylation sites (tertiary alicyclic amines) is 1. The van der Waals surface area contributed by atoms with Gasteiger partial charge < -0.3 is 33.2 Å². The molecule has 0 atom stereocenters. The van der Waals surface area contributed by atoms with E-state index in [0.717, 1.165) is 47.1 Å². The third-order valence-corrected chi connectivity index (χ3v) is 5.65. The van der Waals surface area contributed by atoms with E-state index in [-0.39, 0.29) is 42.4 Å². The molecule has 0 aliphatic carbocycles. The van der Waals surface area contributed by atoms with Crippen molar-refractivity contribution in [2.24, 2.45) is 0 Å². The predicted octanol–water partition coefficient (Wildman–Crippen LogP) is 0.350. The Balaban J connectivity index is 0.00000363. The summed E-state index contributed by atoms with van der Waals surface area (Å²) in [5, 5.41) is 5.05. The molecule has 0 saturated carbocycles. The van der Waals surface area contributed by atoms with E-state index in [1.807, 2.05) is 48.5 Å². The van der Waals surface area contributed by atoms with Crippen molar-refractivity contribution in [3.05, 3.63) is 54.1 Å². The quantitative estimate of drug-likeness (QED) is 0.296. The Morgan fingerprint density at radius 2 is 1.78 bits per heavy atom. The lowest BCUT2D eigenvalue weighted by Gasteiger charge is -2.36. The van der Waals surface area contributed by atoms with Gasteiger partial charge in [0.1, 0.15) is 6.10 Å². The Bertz CT molecular complexity index is 924. The van der Waals surface area contributed by atoms with Gasteiger partial charge in [0.15, 0.2) is 0 Å². The van der Waals surface area contributed by atoms with Gasteiger partial charge in [-0.05, 0) is 23.6 Å². The molecule has 2 aromatic carbocycles. The first kappa shape index (κ1) is 25.8. The third kappa shape index (κ3) is 7.59. The van der Waals surface area contributed by atoms with Gasteiger partial charge in [-0.25, -0.2) is 4.79 Å². The molecule has 0 unspecified atom stereocenters. The number of nitrogens with one attached hydrogen (secondary N) is 2. The number of amides is 3. The lowest BCUT2D eigenvalue weighted by atomic mass is 9.99. The fourth-order valence-corrected chi connectivity index (χ4v) is 3.77. The highest BCUT2D eigenvalue weighted by molar-refractivity contribution is 5.92. The van der Waals surface area contributed by atoms with Gasteiger partial charge in [0.05, 0.1) is 32.9 Å². The maximum Gasteiger partial charge on any atom is 0.411 e. The fraction of sp³-hybridized carbons (Fsp3) is 0.375. The third-order valence-electron chi connectivity index (χ3n) is 5.65. The van der Waals surface area contributed by atoms with Crippen LogP contribution in [0.15, 0.2) is 48.5 Å². The molecule has 0 radical (unpaired) electrons. The van der Waals surface area contributed by atoms with E-state index in [1.54, 1.807) is 0 Å². The first-order valence-corrected chi connectivity index (χ1v) is 10.6. The highest BCUT2D eigenvalue weighted by atomic mass is 127. The van der Waals surface area contributed by atoms with Crippen LogP contribution in [0.25, 0.3) is 11.1 Å². The number of piperidine rings is 1. The highest BCUT2D eigenvalue weighted by Crippen LogP contribution is 2.30. The van der Waals surface area contributed by atoms with Crippen molar-refractivity contribution in [2.75, 3.05) is 32.5 Å². The van der Waals surface area contributed by atoms with Gasteiger partial charge in [0, 0.05) is 24.8 Å². The molecule has 32 heavy (non-hydrogen) atoms. The van der Waals surface area contributed by atoms with Crippen LogP contribution in [-0.4, -0.2) is 56.2 Å². The Kier molecular flexibility index (Phi) is 9.64. The van der Waals surface area contributed by atoms with E-state index in [4.69, 9.17) is 4.74 Å². The summed E-state index contributed by atoms with van der Waals surface area (Å²) in [6.45, 7) is 1.96. The summed E-state index contributed by atoms with van der Waals surface area (Å²) in [6.07, 6.45) is 2.16. The minimum atomic E-state index is -0.467. The number of imide groups is 1. The number of carbonyl (C=O) groups is 3. The molecule has 3 rings (SSSR count). The lowest BCUT2D eigenvalue weighted by Crippen LogP contribution is -3.00. The second-order valence-corrected chi connectivity index (χ2v) is 8.54. The molecule has 1 aliphatic heterocycles. The van der Waals surface area contributed by atoms with Gasteiger partial charge in [-0.2, -0.15) is 0 Å². The number of quaternary nitrogens is 1. The van der Waals surface area contributed by atoms with Crippen molar-refractivity contribution in [3.8, 4) is 11.1 Å². The summed E-state index contributed by atoms with van der Waals surface area (Å²) in [5.41, 5.74) is 3.36. The molecule has 1 aliphatic rings. The van der Waals surface area contributed by atoms with Crippen LogP contribution in [0, 0.1) is 0 Å². The number of hydrogen-bond acceptors (Lipinski definition) is 4. The van der Waals surface area contributed by atoms with Crippen molar-refractivity contribution in [3.63, 3.8) is 0 Å². The molecular formula is C24H30IN3O4. The minimum Gasteiger partial charge on any atom is -1.00 e.